The maximum absolute atomic E-state index is 10.9. The molecular formula is C20H32N2O2. The molecule has 0 saturated carbocycles. The van der Waals surface area contributed by atoms with Gasteiger partial charge in [-0.15, -0.1) is 0 Å². The van der Waals surface area contributed by atoms with Crippen LogP contribution in [0.4, 0.5) is 5.69 Å². The summed E-state index contributed by atoms with van der Waals surface area (Å²) in [5, 5.41) is 9.00. The number of carbonyl (C=O) groups is 1. The van der Waals surface area contributed by atoms with Crippen LogP contribution in [0.1, 0.15) is 63.6 Å². The Labute approximate surface area is 146 Å². The summed E-state index contributed by atoms with van der Waals surface area (Å²) >= 11 is 0. The van der Waals surface area contributed by atoms with Gasteiger partial charge >= 0.3 is 5.97 Å². The summed E-state index contributed by atoms with van der Waals surface area (Å²) < 4.78 is 0. The van der Waals surface area contributed by atoms with Crippen LogP contribution in [0.25, 0.3) is 0 Å². The highest BCUT2D eigenvalue weighted by Gasteiger charge is 2.28. The lowest BCUT2D eigenvalue weighted by molar-refractivity contribution is -0.137. The fraction of sp³-hybridized carbons (Fsp3) is 0.650. The predicted molar refractivity (Wildman–Crippen MR) is 99.4 cm³/mol. The van der Waals surface area contributed by atoms with Gasteiger partial charge in [0, 0.05) is 31.7 Å². The highest BCUT2D eigenvalue weighted by Crippen LogP contribution is 2.37. The number of carboxylic acid groups (broad SMARTS) is 1. The normalized spacial score (nSPS) is 17.3. The zero-order valence-corrected chi connectivity index (χ0v) is 15.5. The maximum atomic E-state index is 10.9. The molecule has 0 amide bonds. The topological polar surface area (TPSA) is 66.6 Å². The van der Waals surface area contributed by atoms with Crippen LogP contribution in [0.3, 0.4) is 0 Å². The lowest BCUT2D eigenvalue weighted by Crippen LogP contribution is -2.27. The Balaban J connectivity index is 2.13. The molecule has 2 atom stereocenters. The van der Waals surface area contributed by atoms with E-state index in [9.17, 15) is 4.79 Å². The van der Waals surface area contributed by atoms with Crippen LogP contribution in [0.15, 0.2) is 18.2 Å². The lowest BCUT2D eigenvalue weighted by atomic mass is 9.74. The first-order chi connectivity index (χ1) is 11.2. The molecule has 0 saturated heterocycles. The van der Waals surface area contributed by atoms with Gasteiger partial charge < -0.3 is 15.7 Å². The van der Waals surface area contributed by atoms with Crippen LogP contribution in [-0.4, -0.2) is 24.7 Å². The number of nitrogens with two attached hydrogens (primary N) is 1. The highest BCUT2D eigenvalue weighted by molar-refractivity contribution is 5.66. The molecule has 0 fully saturated rings. The minimum atomic E-state index is -0.728. The first-order valence-corrected chi connectivity index (χ1v) is 9.00. The van der Waals surface area contributed by atoms with Gasteiger partial charge in [-0.25, -0.2) is 0 Å². The van der Waals surface area contributed by atoms with E-state index in [0.717, 1.165) is 24.9 Å². The van der Waals surface area contributed by atoms with Crippen LogP contribution < -0.4 is 10.6 Å². The van der Waals surface area contributed by atoms with Crippen molar-refractivity contribution >= 4 is 11.7 Å². The fourth-order valence-electron chi connectivity index (χ4n) is 3.65. The van der Waals surface area contributed by atoms with E-state index in [2.05, 4.69) is 50.9 Å². The number of rotatable bonds is 6. The zero-order chi connectivity index (χ0) is 17.9. The standard InChI is InChI=1S/C20H32N2O2/c1-20(2,3)16(9-10-19(23)24)13-17(21)15-8-7-14-6-5-11-22(4)18(14)12-15/h7-8,12,16-17H,5-6,9-11,13,21H2,1-4H3,(H,23,24)/t16?,17-/m1/s1. The highest BCUT2D eigenvalue weighted by atomic mass is 16.4. The smallest absolute Gasteiger partial charge is 0.303 e. The molecule has 4 heteroatoms. The number of carboxylic acids is 1. The van der Waals surface area contributed by atoms with Crippen molar-refractivity contribution in [3.05, 3.63) is 29.3 Å². The Bertz CT molecular complexity index is 577. The number of hydrogen-bond donors (Lipinski definition) is 2. The van der Waals surface area contributed by atoms with E-state index in [0.29, 0.717) is 6.42 Å². The molecule has 1 aliphatic heterocycles. The maximum Gasteiger partial charge on any atom is 0.303 e. The SMILES string of the molecule is CN1CCCc2ccc([C@H](N)CC(CCC(=O)O)C(C)(C)C)cc21. The monoisotopic (exact) mass is 332 g/mol. The molecule has 2 rings (SSSR count). The van der Waals surface area contributed by atoms with Gasteiger partial charge in [-0.3, -0.25) is 4.79 Å². The van der Waals surface area contributed by atoms with Gasteiger partial charge in [0.1, 0.15) is 0 Å². The molecule has 3 N–H and O–H groups in total. The molecule has 1 heterocycles. The average Bonchev–Trinajstić information content (AvgIpc) is 2.50. The molecule has 0 spiro atoms. The Morgan fingerprint density at radius 3 is 2.71 bits per heavy atom. The second kappa shape index (κ2) is 7.56. The Kier molecular flexibility index (Phi) is 5.92. The molecule has 0 bridgehead atoms. The van der Waals surface area contributed by atoms with E-state index >= 15 is 0 Å². The average molecular weight is 332 g/mol. The quantitative estimate of drug-likeness (QED) is 0.827. The van der Waals surface area contributed by atoms with Gasteiger partial charge in [-0.1, -0.05) is 32.9 Å². The number of nitrogens with zero attached hydrogens (tertiary/aromatic N) is 1. The van der Waals surface area contributed by atoms with Crippen molar-refractivity contribution in [2.75, 3.05) is 18.5 Å². The van der Waals surface area contributed by atoms with E-state index < -0.39 is 5.97 Å². The summed E-state index contributed by atoms with van der Waals surface area (Å²) in [6, 6.07) is 6.54. The molecule has 1 aromatic carbocycles. The molecule has 24 heavy (non-hydrogen) atoms. The van der Waals surface area contributed by atoms with Crippen molar-refractivity contribution in [2.45, 2.75) is 58.9 Å². The number of aliphatic carboxylic acids is 1. The zero-order valence-electron chi connectivity index (χ0n) is 15.5. The molecule has 0 radical (unpaired) electrons. The fourth-order valence-corrected chi connectivity index (χ4v) is 3.65. The lowest BCUT2D eigenvalue weighted by Gasteiger charge is -2.33. The van der Waals surface area contributed by atoms with Gasteiger partial charge in [0.2, 0.25) is 0 Å². The summed E-state index contributed by atoms with van der Waals surface area (Å²) in [4.78, 5) is 13.3. The van der Waals surface area contributed by atoms with Gasteiger partial charge in [0.25, 0.3) is 0 Å². The number of aryl methyl sites for hydroxylation is 1. The molecule has 0 aromatic heterocycles. The predicted octanol–water partition coefficient (Wildman–Crippen LogP) is 3.99. The van der Waals surface area contributed by atoms with E-state index in [-0.39, 0.29) is 23.8 Å². The molecular weight excluding hydrogens is 300 g/mol. The number of anilines is 1. The van der Waals surface area contributed by atoms with Gasteiger partial charge in [0.05, 0.1) is 0 Å². The molecule has 1 unspecified atom stereocenters. The van der Waals surface area contributed by atoms with Crippen molar-refractivity contribution in [2.24, 2.45) is 17.1 Å². The first kappa shape index (κ1) is 18.8. The number of fused-ring (bicyclic) bond motifs is 1. The Morgan fingerprint density at radius 1 is 1.38 bits per heavy atom. The number of benzene rings is 1. The molecule has 134 valence electrons. The van der Waals surface area contributed by atoms with Crippen LogP contribution in [0, 0.1) is 11.3 Å². The first-order valence-electron chi connectivity index (χ1n) is 9.00. The minimum absolute atomic E-state index is 0.0522. The molecule has 4 nitrogen and oxygen atoms in total. The van der Waals surface area contributed by atoms with Crippen molar-refractivity contribution < 1.29 is 9.90 Å². The van der Waals surface area contributed by atoms with E-state index in [1.807, 2.05) is 0 Å². The summed E-state index contributed by atoms with van der Waals surface area (Å²) in [5.74, 6) is -0.439. The third-order valence-corrected chi connectivity index (χ3v) is 5.36. The second-order valence-corrected chi connectivity index (χ2v) is 8.25. The van der Waals surface area contributed by atoms with Crippen LogP contribution >= 0.6 is 0 Å². The minimum Gasteiger partial charge on any atom is -0.481 e. The van der Waals surface area contributed by atoms with Crippen LogP contribution in [0.5, 0.6) is 0 Å². The van der Waals surface area contributed by atoms with Crippen molar-refractivity contribution in [3.63, 3.8) is 0 Å². The second-order valence-electron chi connectivity index (χ2n) is 8.25. The summed E-state index contributed by atoms with van der Waals surface area (Å²) in [7, 11) is 2.14. The third kappa shape index (κ3) is 4.73. The van der Waals surface area contributed by atoms with Crippen molar-refractivity contribution in [1.29, 1.82) is 0 Å². The summed E-state index contributed by atoms with van der Waals surface area (Å²) in [5.41, 5.74) is 10.4. The molecule has 1 aliphatic rings. The van der Waals surface area contributed by atoms with Gasteiger partial charge in [-0.05, 0) is 54.2 Å². The van der Waals surface area contributed by atoms with E-state index in [1.165, 1.54) is 17.7 Å². The van der Waals surface area contributed by atoms with Crippen molar-refractivity contribution in [1.82, 2.24) is 0 Å². The van der Waals surface area contributed by atoms with Crippen LogP contribution in [-0.2, 0) is 11.2 Å². The van der Waals surface area contributed by atoms with Gasteiger partial charge in [-0.2, -0.15) is 0 Å². The third-order valence-electron chi connectivity index (χ3n) is 5.36. The Morgan fingerprint density at radius 2 is 2.08 bits per heavy atom. The molecule has 0 aliphatic carbocycles. The molecule has 1 aromatic rings. The Hall–Kier alpha value is -1.55. The number of hydrogen-bond acceptors (Lipinski definition) is 3. The van der Waals surface area contributed by atoms with Crippen molar-refractivity contribution in [3.8, 4) is 0 Å². The largest absolute Gasteiger partial charge is 0.481 e. The van der Waals surface area contributed by atoms with E-state index in [1.54, 1.807) is 0 Å². The van der Waals surface area contributed by atoms with E-state index in [4.69, 9.17) is 10.8 Å². The van der Waals surface area contributed by atoms with Crippen LogP contribution in [0.2, 0.25) is 0 Å². The summed E-state index contributed by atoms with van der Waals surface area (Å²) in [6.45, 7) is 7.61. The summed E-state index contributed by atoms with van der Waals surface area (Å²) in [6.07, 6.45) is 4.05. The van der Waals surface area contributed by atoms with Gasteiger partial charge in [0.15, 0.2) is 0 Å².